The fourth-order valence-electron chi connectivity index (χ4n) is 4.87. The molecular formula is C27H29NO3. The number of nitrogens with zero attached hydrogens (tertiary/aromatic N) is 1. The molecular weight excluding hydrogens is 386 g/mol. The third-order valence-corrected chi connectivity index (χ3v) is 6.49. The summed E-state index contributed by atoms with van der Waals surface area (Å²) in [6, 6.07) is 24.4. The zero-order chi connectivity index (χ0) is 21.0. The zero-order valence-electron chi connectivity index (χ0n) is 17.7. The van der Waals surface area contributed by atoms with Crippen LogP contribution in [0.15, 0.2) is 72.8 Å². The van der Waals surface area contributed by atoms with Gasteiger partial charge < -0.3 is 14.6 Å². The van der Waals surface area contributed by atoms with Crippen molar-refractivity contribution in [3.63, 3.8) is 0 Å². The van der Waals surface area contributed by atoms with Gasteiger partial charge in [-0.25, -0.2) is 0 Å². The molecule has 3 aromatic rings. The lowest BCUT2D eigenvalue weighted by Gasteiger charge is -2.34. The van der Waals surface area contributed by atoms with E-state index in [-0.39, 0.29) is 17.6 Å². The topological polar surface area (TPSA) is 41.9 Å². The molecule has 2 aliphatic heterocycles. The van der Waals surface area contributed by atoms with Gasteiger partial charge in [-0.2, -0.15) is 0 Å². The molecule has 3 aromatic carbocycles. The van der Waals surface area contributed by atoms with Gasteiger partial charge in [-0.15, -0.1) is 0 Å². The summed E-state index contributed by atoms with van der Waals surface area (Å²) in [5.41, 5.74) is 3.48. The van der Waals surface area contributed by atoms with Crippen molar-refractivity contribution in [3.8, 4) is 17.2 Å². The lowest BCUT2D eigenvalue weighted by atomic mass is 9.76. The van der Waals surface area contributed by atoms with Gasteiger partial charge in [0.2, 0.25) is 0 Å². The number of aromatic hydroxyl groups is 1. The molecule has 1 saturated heterocycles. The van der Waals surface area contributed by atoms with Crippen LogP contribution in [0.5, 0.6) is 17.2 Å². The summed E-state index contributed by atoms with van der Waals surface area (Å²) >= 11 is 0. The minimum atomic E-state index is 0.108. The molecule has 1 fully saturated rings. The number of fused-ring (bicyclic) bond motifs is 1. The van der Waals surface area contributed by atoms with Crippen LogP contribution in [0, 0.1) is 0 Å². The Hall–Kier alpha value is -2.98. The van der Waals surface area contributed by atoms with E-state index in [0.29, 0.717) is 6.61 Å². The first kappa shape index (κ1) is 20.0. The van der Waals surface area contributed by atoms with E-state index in [9.17, 15) is 5.11 Å². The molecule has 0 unspecified atom stereocenters. The van der Waals surface area contributed by atoms with E-state index in [1.807, 2.05) is 18.2 Å². The Labute approximate surface area is 184 Å². The largest absolute Gasteiger partial charge is 0.508 e. The minimum Gasteiger partial charge on any atom is -0.508 e. The normalized spacial score (nSPS) is 20.8. The van der Waals surface area contributed by atoms with Crippen LogP contribution in [0.4, 0.5) is 0 Å². The van der Waals surface area contributed by atoms with Crippen LogP contribution in [0.2, 0.25) is 0 Å². The van der Waals surface area contributed by atoms with Gasteiger partial charge in [-0.3, -0.25) is 4.90 Å². The van der Waals surface area contributed by atoms with E-state index in [2.05, 4.69) is 53.4 Å². The maximum atomic E-state index is 10.2. The average molecular weight is 416 g/mol. The monoisotopic (exact) mass is 415 g/mol. The molecule has 5 rings (SSSR count). The Kier molecular flexibility index (Phi) is 5.81. The van der Waals surface area contributed by atoms with Gasteiger partial charge in [0.15, 0.2) is 0 Å². The van der Waals surface area contributed by atoms with Gasteiger partial charge in [0.25, 0.3) is 0 Å². The van der Waals surface area contributed by atoms with Gasteiger partial charge in [0.1, 0.15) is 23.9 Å². The molecule has 0 aliphatic carbocycles. The number of hydrogen-bond acceptors (Lipinski definition) is 4. The number of phenols is 1. The predicted molar refractivity (Wildman–Crippen MR) is 122 cm³/mol. The first-order valence-corrected chi connectivity index (χ1v) is 11.2. The molecule has 0 amide bonds. The molecule has 4 nitrogen and oxygen atoms in total. The summed E-state index contributed by atoms with van der Waals surface area (Å²) in [6.45, 7) is 4.71. The maximum absolute atomic E-state index is 10.2. The van der Waals surface area contributed by atoms with Crippen LogP contribution in [0.1, 0.15) is 41.4 Å². The van der Waals surface area contributed by atoms with Crippen LogP contribution < -0.4 is 9.47 Å². The molecule has 0 bridgehead atoms. The lowest BCUT2D eigenvalue weighted by molar-refractivity contribution is 0.237. The van der Waals surface area contributed by atoms with Crippen LogP contribution >= 0.6 is 0 Å². The second kappa shape index (κ2) is 9.03. The molecule has 2 atom stereocenters. The summed E-state index contributed by atoms with van der Waals surface area (Å²) in [5.74, 6) is 2.31. The highest BCUT2D eigenvalue weighted by Gasteiger charge is 2.33. The maximum Gasteiger partial charge on any atom is 0.123 e. The number of likely N-dealkylation sites (tertiary alicyclic amines) is 1. The molecule has 0 radical (unpaired) electrons. The van der Waals surface area contributed by atoms with Crippen molar-refractivity contribution in [2.24, 2.45) is 0 Å². The van der Waals surface area contributed by atoms with Crippen molar-refractivity contribution < 1.29 is 14.6 Å². The van der Waals surface area contributed by atoms with Crippen molar-refractivity contribution in [1.82, 2.24) is 4.90 Å². The van der Waals surface area contributed by atoms with Crippen LogP contribution in [0.25, 0.3) is 0 Å². The van der Waals surface area contributed by atoms with Gasteiger partial charge in [0.05, 0.1) is 6.61 Å². The number of phenolic OH excluding ortho intramolecular Hbond substituents is 1. The molecule has 0 aromatic heterocycles. The highest BCUT2D eigenvalue weighted by atomic mass is 16.5. The van der Waals surface area contributed by atoms with Gasteiger partial charge in [-0.1, -0.05) is 42.5 Å². The average Bonchev–Trinajstić information content (AvgIpc) is 3.33. The Morgan fingerprint density at radius 1 is 0.903 bits per heavy atom. The molecule has 4 heteroatoms. The second-order valence-corrected chi connectivity index (χ2v) is 8.49. The first-order chi connectivity index (χ1) is 15.3. The Balaban J connectivity index is 1.39. The standard InChI is InChI=1S/C27H29NO3/c29-22-10-13-26-24(18-22)27(25(19-31-26)20-6-2-1-3-7-20)21-8-11-23(12-9-21)30-17-16-28-14-4-5-15-28/h1-3,6-13,18,25,27,29H,4-5,14-17,19H2/t25-,27-/m0/s1. The highest BCUT2D eigenvalue weighted by Crippen LogP contribution is 2.47. The van der Waals surface area contributed by atoms with E-state index in [1.165, 1.54) is 37.1 Å². The van der Waals surface area contributed by atoms with Crippen LogP contribution in [-0.4, -0.2) is 42.9 Å². The van der Waals surface area contributed by atoms with Crippen molar-refractivity contribution in [2.45, 2.75) is 24.7 Å². The van der Waals surface area contributed by atoms with Gasteiger partial charge >= 0.3 is 0 Å². The minimum absolute atomic E-state index is 0.108. The quantitative estimate of drug-likeness (QED) is 0.603. The highest BCUT2D eigenvalue weighted by molar-refractivity contribution is 5.51. The third-order valence-electron chi connectivity index (χ3n) is 6.49. The summed E-state index contributed by atoms with van der Waals surface area (Å²) < 4.78 is 12.1. The number of rotatable bonds is 6. The molecule has 2 aliphatic rings. The Morgan fingerprint density at radius 3 is 2.45 bits per heavy atom. The van der Waals surface area contributed by atoms with Gasteiger partial charge in [-0.05, 0) is 67.4 Å². The fourth-order valence-corrected chi connectivity index (χ4v) is 4.87. The molecule has 0 saturated carbocycles. The number of benzene rings is 3. The summed E-state index contributed by atoms with van der Waals surface area (Å²) in [6.07, 6.45) is 2.61. The molecule has 160 valence electrons. The van der Waals surface area contributed by atoms with E-state index >= 15 is 0 Å². The molecule has 31 heavy (non-hydrogen) atoms. The Bertz CT molecular complexity index is 997. The molecule has 1 N–H and O–H groups in total. The van der Waals surface area contributed by atoms with E-state index in [4.69, 9.17) is 9.47 Å². The zero-order valence-corrected chi connectivity index (χ0v) is 17.7. The number of ether oxygens (including phenoxy) is 2. The van der Waals surface area contributed by atoms with Gasteiger partial charge in [0, 0.05) is 23.9 Å². The second-order valence-electron chi connectivity index (χ2n) is 8.49. The van der Waals surface area contributed by atoms with E-state index in [1.54, 1.807) is 6.07 Å². The number of hydrogen-bond donors (Lipinski definition) is 1. The smallest absolute Gasteiger partial charge is 0.123 e. The van der Waals surface area contributed by atoms with E-state index in [0.717, 1.165) is 30.2 Å². The van der Waals surface area contributed by atoms with Crippen LogP contribution in [-0.2, 0) is 0 Å². The summed E-state index contributed by atoms with van der Waals surface area (Å²) in [7, 11) is 0. The summed E-state index contributed by atoms with van der Waals surface area (Å²) in [4.78, 5) is 2.46. The van der Waals surface area contributed by atoms with Crippen molar-refractivity contribution in [2.75, 3.05) is 32.8 Å². The summed E-state index contributed by atoms with van der Waals surface area (Å²) in [5, 5.41) is 10.2. The first-order valence-electron chi connectivity index (χ1n) is 11.2. The SMILES string of the molecule is Oc1ccc2c(c1)[C@H](c1ccc(OCCN3CCCC3)cc1)[C@H](c1ccccc1)CO2. The molecule has 0 spiro atoms. The predicted octanol–water partition coefficient (Wildman–Crippen LogP) is 5.17. The van der Waals surface area contributed by atoms with Crippen molar-refractivity contribution in [1.29, 1.82) is 0 Å². The fraction of sp³-hybridized carbons (Fsp3) is 0.333. The van der Waals surface area contributed by atoms with Crippen molar-refractivity contribution in [3.05, 3.63) is 89.5 Å². The van der Waals surface area contributed by atoms with Crippen LogP contribution in [0.3, 0.4) is 0 Å². The molecule has 2 heterocycles. The third kappa shape index (κ3) is 4.40. The van der Waals surface area contributed by atoms with E-state index < -0.39 is 0 Å². The lowest BCUT2D eigenvalue weighted by Crippen LogP contribution is -2.25. The Morgan fingerprint density at radius 2 is 1.68 bits per heavy atom. The van der Waals surface area contributed by atoms with Crippen molar-refractivity contribution >= 4 is 0 Å².